The van der Waals surface area contributed by atoms with E-state index in [9.17, 15) is 0 Å². The van der Waals surface area contributed by atoms with E-state index in [2.05, 4.69) is 58.4 Å². The number of rotatable bonds is 1. The Labute approximate surface area is 130 Å². The van der Waals surface area contributed by atoms with Crippen LogP contribution in [0, 0.1) is 0 Å². The van der Waals surface area contributed by atoms with Crippen molar-refractivity contribution in [1.82, 2.24) is 4.98 Å². The van der Waals surface area contributed by atoms with E-state index in [1.165, 1.54) is 27.3 Å². The molecule has 0 unspecified atom stereocenters. The van der Waals surface area contributed by atoms with E-state index in [0.29, 0.717) is 0 Å². The third-order valence-corrected chi connectivity index (χ3v) is 5.32. The summed E-state index contributed by atoms with van der Waals surface area (Å²) < 4.78 is 1.12. The van der Waals surface area contributed by atoms with Crippen molar-refractivity contribution in [2.75, 3.05) is 0 Å². The molecule has 1 nitrogen and oxygen atoms in total. The van der Waals surface area contributed by atoms with Crippen molar-refractivity contribution in [2.24, 2.45) is 0 Å². The van der Waals surface area contributed by atoms with Crippen molar-refractivity contribution < 1.29 is 0 Å². The van der Waals surface area contributed by atoms with Crippen LogP contribution in [0.3, 0.4) is 0 Å². The van der Waals surface area contributed by atoms with Gasteiger partial charge < -0.3 is 0 Å². The van der Waals surface area contributed by atoms with E-state index < -0.39 is 0 Å². The highest BCUT2D eigenvalue weighted by Crippen LogP contribution is 2.40. The third-order valence-electron chi connectivity index (χ3n) is 3.67. The Morgan fingerprint density at radius 2 is 1.85 bits per heavy atom. The first-order valence-corrected chi connectivity index (χ1v) is 8.26. The number of hydrogen-bond donors (Lipinski definition) is 0. The van der Waals surface area contributed by atoms with E-state index in [4.69, 9.17) is 4.98 Å². The van der Waals surface area contributed by atoms with Gasteiger partial charge in [-0.1, -0.05) is 52.3 Å². The summed E-state index contributed by atoms with van der Waals surface area (Å²) in [5.41, 5.74) is 5.09. The Morgan fingerprint density at radius 3 is 2.70 bits per heavy atom. The zero-order chi connectivity index (χ0) is 13.5. The lowest BCUT2D eigenvalue weighted by Crippen LogP contribution is -2.01. The van der Waals surface area contributed by atoms with Crippen LogP contribution >= 0.6 is 27.3 Å². The molecule has 0 radical (unpaired) electrons. The maximum Gasteiger partial charge on any atom is 0.124 e. The highest BCUT2D eigenvalue weighted by atomic mass is 79.9. The normalized spacial score (nSPS) is 12.8. The predicted octanol–water partition coefficient (Wildman–Crippen LogP) is 5.34. The van der Waals surface area contributed by atoms with Gasteiger partial charge in [-0.3, -0.25) is 0 Å². The molecule has 3 aromatic rings. The molecular formula is C17H12BrNS. The Morgan fingerprint density at radius 1 is 1.00 bits per heavy atom. The molecule has 0 amide bonds. The van der Waals surface area contributed by atoms with Crippen LogP contribution < -0.4 is 0 Å². The van der Waals surface area contributed by atoms with Gasteiger partial charge in [0.1, 0.15) is 5.01 Å². The Hall–Kier alpha value is -1.45. The quantitative estimate of drug-likeness (QED) is 0.582. The van der Waals surface area contributed by atoms with Crippen molar-refractivity contribution in [3.63, 3.8) is 0 Å². The zero-order valence-electron chi connectivity index (χ0n) is 10.8. The van der Waals surface area contributed by atoms with Gasteiger partial charge in [0.15, 0.2) is 0 Å². The smallest absolute Gasteiger partial charge is 0.124 e. The molecule has 0 atom stereocenters. The van der Waals surface area contributed by atoms with Gasteiger partial charge in [0, 0.05) is 20.5 Å². The van der Waals surface area contributed by atoms with Gasteiger partial charge in [0.05, 0.1) is 5.69 Å². The second kappa shape index (κ2) is 4.83. The van der Waals surface area contributed by atoms with Crippen LogP contribution in [0.1, 0.15) is 10.4 Å². The molecular weight excluding hydrogens is 330 g/mol. The second-order valence-electron chi connectivity index (χ2n) is 4.96. The summed E-state index contributed by atoms with van der Waals surface area (Å²) in [6.07, 6.45) is 2.22. The molecule has 2 aromatic carbocycles. The summed E-state index contributed by atoms with van der Waals surface area (Å²) in [5, 5.41) is 1.13. The lowest BCUT2D eigenvalue weighted by atomic mass is 9.94. The summed E-state index contributed by atoms with van der Waals surface area (Å²) in [7, 11) is 0. The monoisotopic (exact) mass is 341 g/mol. The lowest BCUT2D eigenvalue weighted by Gasteiger charge is -2.14. The summed E-state index contributed by atoms with van der Waals surface area (Å²) in [5.74, 6) is 0. The fraction of sp³-hybridized carbons (Fsp3) is 0.118. The minimum Gasteiger partial charge on any atom is -0.236 e. The van der Waals surface area contributed by atoms with E-state index in [-0.39, 0.29) is 0 Å². The molecule has 0 saturated heterocycles. The minimum absolute atomic E-state index is 1.11. The first-order valence-electron chi connectivity index (χ1n) is 6.65. The highest BCUT2D eigenvalue weighted by molar-refractivity contribution is 9.10. The molecule has 1 heterocycles. The average molecular weight is 342 g/mol. The number of fused-ring (bicyclic) bond motifs is 3. The molecule has 98 valence electrons. The van der Waals surface area contributed by atoms with Gasteiger partial charge in [-0.25, -0.2) is 4.98 Å². The van der Waals surface area contributed by atoms with Crippen molar-refractivity contribution >= 4 is 27.3 Å². The molecule has 0 fully saturated rings. The van der Waals surface area contributed by atoms with Crippen LogP contribution in [0.15, 0.2) is 53.0 Å². The summed E-state index contributed by atoms with van der Waals surface area (Å²) in [6, 6.07) is 17.0. The van der Waals surface area contributed by atoms with Crippen LogP contribution in [0.2, 0.25) is 0 Å². The van der Waals surface area contributed by atoms with Crippen molar-refractivity contribution in [3.8, 4) is 21.8 Å². The Balaban J connectivity index is 1.88. The molecule has 3 heteroatoms. The standard InChI is InChI=1S/C17H12BrNS/c18-13-8-6-11-7-9-15-16(14(11)10-13)19-17(20-15)12-4-2-1-3-5-12/h1-6,8,10H,7,9H2. The van der Waals surface area contributed by atoms with Crippen LogP contribution in [-0.4, -0.2) is 4.98 Å². The maximum absolute atomic E-state index is 4.90. The minimum atomic E-state index is 1.11. The number of thiazole rings is 1. The van der Waals surface area contributed by atoms with Gasteiger partial charge in [-0.2, -0.15) is 0 Å². The van der Waals surface area contributed by atoms with E-state index in [1.807, 2.05) is 17.4 Å². The van der Waals surface area contributed by atoms with Crippen LogP contribution in [0.5, 0.6) is 0 Å². The van der Waals surface area contributed by atoms with Gasteiger partial charge >= 0.3 is 0 Å². The first-order chi connectivity index (χ1) is 9.81. The van der Waals surface area contributed by atoms with Crippen molar-refractivity contribution in [3.05, 3.63) is 63.4 Å². The Kier molecular flexibility index (Phi) is 2.97. The topological polar surface area (TPSA) is 12.9 Å². The maximum atomic E-state index is 4.90. The molecule has 0 saturated carbocycles. The molecule has 0 N–H and O–H groups in total. The van der Waals surface area contributed by atoms with Crippen LogP contribution in [0.4, 0.5) is 0 Å². The summed E-state index contributed by atoms with van der Waals surface area (Å²) >= 11 is 5.40. The Bertz CT molecular complexity index is 777. The van der Waals surface area contributed by atoms with Gasteiger partial charge in [0.2, 0.25) is 0 Å². The third kappa shape index (κ3) is 2.02. The van der Waals surface area contributed by atoms with Crippen LogP contribution in [0.25, 0.3) is 21.8 Å². The van der Waals surface area contributed by atoms with Crippen molar-refractivity contribution in [1.29, 1.82) is 0 Å². The number of benzene rings is 2. The molecule has 1 aromatic heterocycles. The molecule has 20 heavy (non-hydrogen) atoms. The molecule has 0 bridgehead atoms. The molecule has 1 aliphatic rings. The largest absolute Gasteiger partial charge is 0.236 e. The van der Waals surface area contributed by atoms with Gasteiger partial charge in [0.25, 0.3) is 0 Å². The van der Waals surface area contributed by atoms with Gasteiger partial charge in [-0.15, -0.1) is 11.3 Å². The van der Waals surface area contributed by atoms with Crippen molar-refractivity contribution in [2.45, 2.75) is 12.8 Å². The highest BCUT2D eigenvalue weighted by Gasteiger charge is 2.21. The van der Waals surface area contributed by atoms with Crippen LogP contribution in [-0.2, 0) is 12.8 Å². The van der Waals surface area contributed by atoms with E-state index in [1.54, 1.807) is 0 Å². The number of hydrogen-bond acceptors (Lipinski definition) is 2. The number of aryl methyl sites for hydroxylation is 2. The molecule has 0 spiro atoms. The average Bonchev–Trinajstić information content (AvgIpc) is 2.93. The second-order valence-corrected chi connectivity index (χ2v) is 6.96. The first kappa shape index (κ1) is 12.3. The van der Waals surface area contributed by atoms with Gasteiger partial charge in [-0.05, 0) is 30.5 Å². The fourth-order valence-corrected chi connectivity index (χ4v) is 4.11. The lowest BCUT2D eigenvalue weighted by molar-refractivity contribution is 0.954. The summed E-state index contributed by atoms with van der Waals surface area (Å²) in [6.45, 7) is 0. The van der Waals surface area contributed by atoms with E-state index in [0.717, 1.165) is 22.3 Å². The summed E-state index contributed by atoms with van der Waals surface area (Å²) in [4.78, 5) is 6.31. The van der Waals surface area contributed by atoms with E-state index >= 15 is 0 Å². The molecule has 1 aliphatic carbocycles. The predicted molar refractivity (Wildman–Crippen MR) is 88.1 cm³/mol. The fourth-order valence-electron chi connectivity index (χ4n) is 2.67. The number of halogens is 1. The number of nitrogens with zero attached hydrogens (tertiary/aromatic N) is 1. The SMILES string of the molecule is Brc1ccc2c(c1)-c1nc(-c3ccccc3)sc1CC2. The zero-order valence-corrected chi connectivity index (χ0v) is 13.2. The molecule has 0 aliphatic heterocycles. The number of aromatic nitrogens is 1. The molecule has 4 rings (SSSR count).